The summed E-state index contributed by atoms with van der Waals surface area (Å²) in [6.07, 6.45) is 6.24. The van der Waals surface area contributed by atoms with Gasteiger partial charge in [0.25, 0.3) is 5.56 Å². The van der Waals surface area contributed by atoms with Crippen LogP contribution in [0.3, 0.4) is 0 Å². The number of aromatic amines is 1. The highest BCUT2D eigenvalue weighted by Crippen LogP contribution is 2.38. The second kappa shape index (κ2) is 8.52. The molecule has 0 aliphatic heterocycles. The maximum atomic E-state index is 12.7. The summed E-state index contributed by atoms with van der Waals surface area (Å²) < 4.78 is 1.38. The highest BCUT2D eigenvalue weighted by atomic mass is 16.2. The number of fused-ring (bicyclic) bond motifs is 1. The Morgan fingerprint density at radius 3 is 2.69 bits per heavy atom. The van der Waals surface area contributed by atoms with Gasteiger partial charge in [-0.05, 0) is 63.2 Å². The number of rotatable bonds is 3. The van der Waals surface area contributed by atoms with Gasteiger partial charge >= 0.3 is 11.8 Å². The summed E-state index contributed by atoms with van der Waals surface area (Å²) in [6.45, 7) is 8.33. The molecular weight excluding hydrogens is 408 g/mol. The van der Waals surface area contributed by atoms with E-state index in [9.17, 15) is 14.4 Å². The Kier molecular flexibility index (Phi) is 5.92. The average molecular weight is 441 g/mol. The molecule has 0 saturated heterocycles. The standard InChI is InChI=1S/C23H32N6O3/c1-13-9-15(12-23(3,4)11-13)24-20(31)21(32)26-18-10-14(2)28-29(18)22-25-17-8-6-5-7-16(17)19(30)27-22/h10,13,15H,5-9,11-12H2,1-4H3,(H,24,31)(H,26,32)(H,25,27,30). The van der Waals surface area contributed by atoms with Crippen molar-refractivity contribution in [1.82, 2.24) is 25.1 Å². The molecule has 2 heterocycles. The van der Waals surface area contributed by atoms with E-state index in [4.69, 9.17) is 0 Å². The number of amides is 2. The number of nitrogens with one attached hydrogen (secondary N) is 3. The predicted octanol–water partition coefficient (Wildman–Crippen LogP) is 2.41. The molecule has 2 amide bonds. The molecular formula is C23H32N6O3. The van der Waals surface area contributed by atoms with Gasteiger partial charge in [-0.2, -0.15) is 9.78 Å². The summed E-state index contributed by atoms with van der Waals surface area (Å²) in [6, 6.07) is 1.62. The van der Waals surface area contributed by atoms with Crippen LogP contribution in [0, 0.1) is 18.3 Å². The van der Waals surface area contributed by atoms with Crippen LogP contribution in [0.1, 0.15) is 69.8 Å². The van der Waals surface area contributed by atoms with Crippen molar-refractivity contribution in [2.45, 2.75) is 78.7 Å². The van der Waals surface area contributed by atoms with Crippen molar-refractivity contribution in [2.75, 3.05) is 5.32 Å². The maximum Gasteiger partial charge on any atom is 0.314 e. The Bertz CT molecular complexity index is 1100. The van der Waals surface area contributed by atoms with E-state index in [2.05, 4.69) is 46.5 Å². The zero-order valence-corrected chi connectivity index (χ0v) is 19.2. The number of aryl methyl sites for hydroxylation is 2. The number of anilines is 1. The summed E-state index contributed by atoms with van der Waals surface area (Å²) >= 11 is 0. The number of H-pyrrole nitrogens is 1. The van der Waals surface area contributed by atoms with Crippen molar-refractivity contribution >= 4 is 17.6 Å². The molecule has 2 aliphatic rings. The molecule has 0 spiro atoms. The molecule has 0 radical (unpaired) electrons. The van der Waals surface area contributed by atoms with Crippen LogP contribution in [0.2, 0.25) is 0 Å². The fraction of sp³-hybridized carbons (Fsp3) is 0.609. The molecule has 2 unspecified atom stereocenters. The average Bonchev–Trinajstić information content (AvgIpc) is 3.06. The summed E-state index contributed by atoms with van der Waals surface area (Å²) in [5.74, 6) is -0.413. The molecule has 2 aliphatic carbocycles. The van der Waals surface area contributed by atoms with Gasteiger partial charge in [0, 0.05) is 17.7 Å². The third-order valence-corrected chi connectivity index (χ3v) is 6.38. The lowest BCUT2D eigenvalue weighted by molar-refractivity contribution is -0.137. The van der Waals surface area contributed by atoms with Gasteiger partial charge in [0.2, 0.25) is 5.95 Å². The lowest BCUT2D eigenvalue weighted by Crippen LogP contribution is -2.46. The van der Waals surface area contributed by atoms with Gasteiger partial charge in [0.15, 0.2) is 0 Å². The first-order valence-corrected chi connectivity index (χ1v) is 11.4. The van der Waals surface area contributed by atoms with Gasteiger partial charge in [0.1, 0.15) is 5.82 Å². The minimum Gasteiger partial charge on any atom is -0.345 e. The van der Waals surface area contributed by atoms with Crippen LogP contribution >= 0.6 is 0 Å². The molecule has 2 aromatic heterocycles. The van der Waals surface area contributed by atoms with Gasteiger partial charge in [-0.15, -0.1) is 0 Å². The predicted molar refractivity (Wildman–Crippen MR) is 121 cm³/mol. The monoisotopic (exact) mass is 440 g/mol. The first kappa shape index (κ1) is 22.2. The topological polar surface area (TPSA) is 122 Å². The van der Waals surface area contributed by atoms with Crippen LogP contribution in [-0.4, -0.2) is 37.6 Å². The smallest absolute Gasteiger partial charge is 0.314 e. The minimum atomic E-state index is -0.762. The van der Waals surface area contributed by atoms with Crippen LogP contribution in [0.5, 0.6) is 0 Å². The second-order valence-electron chi connectivity index (χ2n) is 10.1. The van der Waals surface area contributed by atoms with Crippen LogP contribution in [0.25, 0.3) is 5.95 Å². The fourth-order valence-corrected chi connectivity index (χ4v) is 5.32. The Labute approximate surface area is 187 Å². The number of hydrogen-bond acceptors (Lipinski definition) is 5. The van der Waals surface area contributed by atoms with Crippen molar-refractivity contribution in [2.24, 2.45) is 11.3 Å². The van der Waals surface area contributed by atoms with E-state index in [1.54, 1.807) is 13.0 Å². The second-order valence-corrected chi connectivity index (χ2v) is 10.1. The van der Waals surface area contributed by atoms with E-state index in [0.717, 1.165) is 56.2 Å². The maximum absolute atomic E-state index is 12.7. The Morgan fingerprint density at radius 2 is 1.94 bits per heavy atom. The van der Waals surface area contributed by atoms with Crippen LogP contribution in [0.4, 0.5) is 5.82 Å². The van der Waals surface area contributed by atoms with Gasteiger partial charge in [-0.25, -0.2) is 4.98 Å². The third-order valence-electron chi connectivity index (χ3n) is 6.38. The van der Waals surface area contributed by atoms with E-state index in [1.807, 2.05) is 0 Å². The number of carbonyl (C=O) groups excluding carboxylic acids is 2. The van der Waals surface area contributed by atoms with Crippen LogP contribution < -0.4 is 16.2 Å². The summed E-state index contributed by atoms with van der Waals surface area (Å²) in [4.78, 5) is 45.1. The minimum absolute atomic E-state index is 0.0303. The van der Waals surface area contributed by atoms with Gasteiger partial charge in [-0.3, -0.25) is 19.4 Å². The molecule has 9 nitrogen and oxygen atoms in total. The summed E-state index contributed by atoms with van der Waals surface area (Å²) in [5.41, 5.74) is 2.07. The Hall–Kier alpha value is -2.97. The van der Waals surface area contributed by atoms with E-state index >= 15 is 0 Å². The van der Waals surface area contributed by atoms with Crippen molar-refractivity contribution in [3.8, 4) is 5.95 Å². The van der Waals surface area contributed by atoms with Crippen molar-refractivity contribution < 1.29 is 9.59 Å². The number of nitrogens with zero attached hydrogens (tertiary/aromatic N) is 3. The van der Waals surface area contributed by atoms with Crippen molar-refractivity contribution in [1.29, 1.82) is 0 Å². The van der Waals surface area contributed by atoms with Gasteiger partial charge in [-0.1, -0.05) is 20.8 Å². The molecule has 2 atom stereocenters. The molecule has 1 saturated carbocycles. The third kappa shape index (κ3) is 4.76. The zero-order valence-electron chi connectivity index (χ0n) is 19.2. The zero-order chi connectivity index (χ0) is 23.0. The highest BCUT2D eigenvalue weighted by molar-refractivity contribution is 6.39. The molecule has 9 heteroatoms. The summed E-state index contributed by atoms with van der Waals surface area (Å²) in [7, 11) is 0. The Morgan fingerprint density at radius 1 is 1.19 bits per heavy atom. The van der Waals surface area contributed by atoms with Gasteiger partial charge < -0.3 is 10.6 Å². The normalized spacial score (nSPS) is 22.1. The first-order chi connectivity index (χ1) is 15.1. The highest BCUT2D eigenvalue weighted by Gasteiger charge is 2.33. The van der Waals surface area contributed by atoms with Crippen molar-refractivity contribution in [3.05, 3.63) is 33.4 Å². The van der Waals surface area contributed by atoms with E-state index < -0.39 is 11.8 Å². The lowest BCUT2D eigenvalue weighted by Gasteiger charge is -2.39. The molecule has 4 rings (SSSR count). The largest absolute Gasteiger partial charge is 0.345 e. The van der Waals surface area contributed by atoms with E-state index in [1.165, 1.54) is 4.68 Å². The first-order valence-electron chi connectivity index (χ1n) is 11.4. The summed E-state index contributed by atoms with van der Waals surface area (Å²) in [5, 5.41) is 9.89. The van der Waals surface area contributed by atoms with Crippen molar-refractivity contribution in [3.63, 3.8) is 0 Å². The van der Waals surface area contributed by atoms with Crippen LogP contribution in [-0.2, 0) is 22.4 Å². The van der Waals surface area contributed by atoms with Gasteiger partial charge in [0.05, 0.1) is 11.4 Å². The van der Waals surface area contributed by atoms with Crippen LogP contribution in [0.15, 0.2) is 10.9 Å². The molecule has 0 aromatic carbocycles. The molecule has 32 heavy (non-hydrogen) atoms. The SMILES string of the molecule is Cc1cc(NC(=O)C(=O)NC2CC(C)CC(C)(C)C2)n(-c2nc3c(c(=O)[nH]2)CCCC3)n1. The number of aromatic nitrogens is 4. The lowest BCUT2D eigenvalue weighted by atomic mass is 9.70. The number of carbonyl (C=O) groups is 2. The molecule has 1 fully saturated rings. The number of hydrogen-bond donors (Lipinski definition) is 3. The molecule has 0 bridgehead atoms. The molecule has 2 aromatic rings. The van der Waals surface area contributed by atoms with E-state index in [0.29, 0.717) is 17.4 Å². The van der Waals surface area contributed by atoms with E-state index in [-0.39, 0.29) is 23.0 Å². The molecule has 3 N–H and O–H groups in total. The fourth-order valence-electron chi connectivity index (χ4n) is 5.32. The Balaban J connectivity index is 1.51. The molecule has 172 valence electrons. The quantitative estimate of drug-likeness (QED) is 0.633.